The summed E-state index contributed by atoms with van der Waals surface area (Å²) < 4.78 is 0. The lowest BCUT2D eigenvalue weighted by molar-refractivity contribution is 0.256. The third-order valence-electron chi connectivity index (χ3n) is 1.61. The van der Waals surface area contributed by atoms with Gasteiger partial charge >= 0.3 is 6.03 Å². The maximum Gasteiger partial charge on any atom is 0.368 e. The van der Waals surface area contributed by atoms with Gasteiger partial charge in [-0.3, -0.25) is 0 Å². The lowest BCUT2D eigenvalue weighted by Crippen LogP contribution is -2.22. The van der Waals surface area contributed by atoms with Crippen molar-refractivity contribution in [1.29, 1.82) is 0 Å². The Bertz CT molecular complexity index is 434. The first-order valence-corrected chi connectivity index (χ1v) is 3.33. The molecule has 1 aromatic carbocycles. The van der Waals surface area contributed by atoms with Gasteiger partial charge in [0, 0.05) is 0 Å². The highest BCUT2D eigenvalue weighted by Crippen LogP contribution is 2.07. The van der Waals surface area contributed by atoms with Crippen molar-refractivity contribution < 1.29 is 4.79 Å². The predicted molar refractivity (Wildman–Crippen MR) is 43.0 cm³/mol. The van der Waals surface area contributed by atoms with Gasteiger partial charge in [0.2, 0.25) is 0 Å². The summed E-state index contributed by atoms with van der Waals surface area (Å²) in [6.07, 6.45) is 0. The summed E-state index contributed by atoms with van der Waals surface area (Å²) in [5, 5.41) is 0.985. The molecule has 1 heterocycles. The van der Waals surface area contributed by atoms with Crippen LogP contribution in [0, 0.1) is 0 Å². The molecular formula is C7H6N4O. The Kier molecular flexibility index (Phi) is 1.15. The third-order valence-corrected chi connectivity index (χ3v) is 1.61. The van der Waals surface area contributed by atoms with Crippen molar-refractivity contribution in [2.75, 3.05) is 11.5 Å². The average Bonchev–Trinajstić information content (AvgIpc) is 2.30. The number of carbonyl (C=O) groups excluding carboxylic acids is 1. The topological polar surface area (TPSA) is 93.8 Å². The Morgan fingerprint density at radius 1 is 1.00 bits per heavy atom. The van der Waals surface area contributed by atoms with Crippen molar-refractivity contribution in [2.24, 2.45) is 9.98 Å². The molecule has 0 saturated carbocycles. The van der Waals surface area contributed by atoms with Gasteiger partial charge in [-0.15, -0.1) is 0 Å². The molecule has 12 heavy (non-hydrogen) atoms. The number of fused-ring (bicyclic) bond motifs is 1. The highest BCUT2D eigenvalue weighted by atomic mass is 16.2. The molecule has 5 nitrogen and oxygen atoms in total. The summed E-state index contributed by atoms with van der Waals surface area (Å²) in [4.78, 5) is 17.9. The molecule has 2 amide bonds. The lowest BCUT2D eigenvalue weighted by atomic mass is 10.2. The van der Waals surface area contributed by atoms with Crippen molar-refractivity contribution in [3.8, 4) is 0 Å². The van der Waals surface area contributed by atoms with Crippen molar-refractivity contribution in [3.05, 3.63) is 22.8 Å². The van der Waals surface area contributed by atoms with Gasteiger partial charge in [-0.2, -0.15) is 9.98 Å². The van der Waals surface area contributed by atoms with Crippen LogP contribution in [0.2, 0.25) is 0 Å². The zero-order chi connectivity index (χ0) is 8.72. The summed E-state index contributed by atoms with van der Waals surface area (Å²) in [5.41, 5.74) is 11.8. The predicted octanol–water partition coefficient (Wildman–Crippen LogP) is -0.776. The van der Waals surface area contributed by atoms with Gasteiger partial charge < -0.3 is 11.5 Å². The number of nitrogens with two attached hydrogens (primary N) is 2. The van der Waals surface area contributed by atoms with Gasteiger partial charge in [0.1, 0.15) is 0 Å². The fraction of sp³-hybridized carbons (Fsp3) is 0. The van der Waals surface area contributed by atoms with Crippen LogP contribution in [0.4, 0.5) is 16.2 Å². The Labute approximate surface area is 67.4 Å². The summed E-state index contributed by atoms with van der Waals surface area (Å²) in [6.45, 7) is 0. The van der Waals surface area contributed by atoms with E-state index in [9.17, 15) is 4.79 Å². The molecule has 2 rings (SSSR count). The van der Waals surface area contributed by atoms with Crippen LogP contribution in [-0.4, -0.2) is 6.03 Å². The number of nitrogen functional groups attached to an aromatic ring is 2. The van der Waals surface area contributed by atoms with Crippen LogP contribution in [-0.2, 0) is 0 Å². The number of amides is 2. The van der Waals surface area contributed by atoms with Gasteiger partial charge in [-0.25, -0.2) is 4.79 Å². The SMILES string of the molecule is Nc1cc2c(cc1N)=NC(=O)N=2. The standard InChI is InChI=1S/C7H6N4O/c8-3-1-5-6(2-4(3)9)11-7(12)10-5/h1-2H,8-9H2. The largest absolute Gasteiger partial charge is 0.397 e. The van der Waals surface area contributed by atoms with Crippen LogP contribution in [0.25, 0.3) is 0 Å². The first-order chi connectivity index (χ1) is 5.66. The van der Waals surface area contributed by atoms with E-state index in [4.69, 9.17) is 11.5 Å². The molecule has 0 saturated heterocycles. The maximum absolute atomic E-state index is 10.7. The smallest absolute Gasteiger partial charge is 0.368 e. The van der Waals surface area contributed by atoms with Crippen LogP contribution in [0.3, 0.4) is 0 Å². The number of hydrogen-bond donors (Lipinski definition) is 2. The molecule has 60 valence electrons. The minimum atomic E-state index is -0.505. The van der Waals surface area contributed by atoms with Crippen molar-refractivity contribution in [3.63, 3.8) is 0 Å². The molecule has 0 radical (unpaired) electrons. The van der Waals surface area contributed by atoms with E-state index in [1.807, 2.05) is 0 Å². The molecule has 0 atom stereocenters. The molecule has 0 fully saturated rings. The number of urea groups is 1. The number of hydrogen-bond acceptors (Lipinski definition) is 3. The van der Waals surface area contributed by atoms with Gasteiger partial charge in [0.25, 0.3) is 0 Å². The average molecular weight is 162 g/mol. The monoisotopic (exact) mass is 162 g/mol. The highest BCUT2D eigenvalue weighted by molar-refractivity contribution is 5.78. The number of carbonyl (C=O) groups is 1. The number of benzene rings is 1. The maximum atomic E-state index is 10.7. The minimum absolute atomic E-state index is 0.419. The number of rotatable bonds is 0. The first kappa shape index (κ1) is 6.78. The van der Waals surface area contributed by atoms with Crippen molar-refractivity contribution in [2.45, 2.75) is 0 Å². The van der Waals surface area contributed by atoms with E-state index in [1.165, 1.54) is 0 Å². The fourth-order valence-electron chi connectivity index (χ4n) is 1.02. The third kappa shape index (κ3) is 0.833. The molecule has 0 bridgehead atoms. The molecule has 1 aliphatic rings. The summed E-state index contributed by atoms with van der Waals surface area (Å²) in [5.74, 6) is 0. The highest BCUT2D eigenvalue weighted by Gasteiger charge is 2.06. The van der Waals surface area contributed by atoms with E-state index in [-0.39, 0.29) is 0 Å². The lowest BCUT2D eigenvalue weighted by Gasteiger charge is -1.95. The molecule has 0 aliphatic carbocycles. The van der Waals surface area contributed by atoms with Crippen LogP contribution in [0.5, 0.6) is 0 Å². The zero-order valence-electron chi connectivity index (χ0n) is 6.11. The quantitative estimate of drug-likeness (QED) is 0.490. The Morgan fingerprint density at radius 3 is 1.83 bits per heavy atom. The Balaban J connectivity index is 2.89. The number of anilines is 2. The first-order valence-electron chi connectivity index (χ1n) is 3.33. The summed E-state index contributed by atoms with van der Waals surface area (Å²) in [7, 11) is 0. The Morgan fingerprint density at radius 2 is 1.42 bits per heavy atom. The van der Waals surface area contributed by atoms with Crippen LogP contribution >= 0.6 is 0 Å². The van der Waals surface area contributed by atoms with E-state index in [0.29, 0.717) is 22.1 Å². The molecule has 4 N–H and O–H groups in total. The number of nitrogens with zero attached hydrogens (tertiary/aromatic N) is 2. The van der Waals surface area contributed by atoms with Gasteiger partial charge in [0.05, 0.1) is 22.1 Å². The minimum Gasteiger partial charge on any atom is -0.397 e. The van der Waals surface area contributed by atoms with Gasteiger partial charge in [-0.1, -0.05) is 0 Å². The molecule has 5 heteroatoms. The summed E-state index contributed by atoms with van der Waals surface area (Å²) in [6, 6.07) is 2.58. The van der Waals surface area contributed by atoms with E-state index < -0.39 is 6.03 Å². The van der Waals surface area contributed by atoms with E-state index in [0.717, 1.165) is 0 Å². The van der Waals surface area contributed by atoms with E-state index in [2.05, 4.69) is 9.98 Å². The Hall–Kier alpha value is -1.91. The van der Waals surface area contributed by atoms with Gasteiger partial charge in [0.15, 0.2) is 0 Å². The normalized spacial score (nSPS) is 13.5. The van der Waals surface area contributed by atoms with Crippen LogP contribution in [0.15, 0.2) is 22.1 Å². The second-order valence-electron chi connectivity index (χ2n) is 2.48. The zero-order valence-corrected chi connectivity index (χ0v) is 6.11. The van der Waals surface area contributed by atoms with Crippen LogP contribution < -0.4 is 22.2 Å². The van der Waals surface area contributed by atoms with E-state index >= 15 is 0 Å². The van der Waals surface area contributed by atoms with Crippen molar-refractivity contribution >= 4 is 17.4 Å². The second-order valence-corrected chi connectivity index (χ2v) is 2.48. The molecule has 0 aromatic heterocycles. The second kappa shape index (κ2) is 2.04. The fourth-order valence-corrected chi connectivity index (χ4v) is 1.02. The molecule has 0 unspecified atom stereocenters. The molecule has 1 aromatic rings. The van der Waals surface area contributed by atoms with Crippen LogP contribution in [0.1, 0.15) is 0 Å². The summed E-state index contributed by atoms with van der Waals surface area (Å²) >= 11 is 0. The molecular weight excluding hydrogens is 156 g/mol. The molecule has 0 spiro atoms. The van der Waals surface area contributed by atoms with Crippen molar-refractivity contribution in [1.82, 2.24) is 0 Å². The van der Waals surface area contributed by atoms with E-state index in [1.54, 1.807) is 12.1 Å². The molecule has 1 aliphatic heterocycles. The van der Waals surface area contributed by atoms with Gasteiger partial charge in [-0.05, 0) is 12.1 Å².